The fourth-order valence-electron chi connectivity index (χ4n) is 1.76. The van der Waals surface area contributed by atoms with Crippen molar-refractivity contribution in [3.05, 3.63) is 41.1 Å². The molecule has 0 aliphatic carbocycles. The maximum atomic E-state index is 11.9. The van der Waals surface area contributed by atoms with Crippen LogP contribution in [0.25, 0.3) is 0 Å². The van der Waals surface area contributed by atoms with Gasteiger partial charge in [-0.3, -0.25) is 4.79 Å². The predicted molar refractivity (Wildman–Crippen MR) is 67.5 cm³/mol. The first-order chi connectivity index (χ1) is 8.61. The van der Waals surface area contributed by atoms with Gasteiger partial charge in [-0.25, -0.2) is 0 Å². The Morgan fingerprint density at radius 1 is 1.33 bits per heavy atom. The Balaban J connectivity index is 2.26. The summed E-state index contributed by atoms with van der Waals surface area (Å²) < 4.78 is 5.10. The second-order valence-electron chi connectivity index (χ2n) is 4.04. The van der Waals surface area contributed by atoms with Crippen molar-refractivity contribution in [3.63, 3.8) is 0 Å². The number of hydrogen-bond acceptors (Lipinski definition) is 4. The number of nitrogens with zero attached hydrogens (tertiary/aromatic N) is 2. The number of amides is 1. The van der Waals surface area contributed by atoms with Gasteiger partial charge in [-0.2, -0.15) is 0 Å². The van der Waals surface area contributed by atoms with Gasteiger partial charge in [0.05, 0.1) is 0 Å². The van der Waals surface area contributed by atoms with Crippen LogP contribution in [0.5, 0.6) is 0 Å². The summed E-state index contributed by atoms with van der Waals surface area (Å²) in [5, 5.41) is 10.2. The molecule has 0 saturated carbocycles. The number of benzene rings is 1. The van der Waals surface area contributed by atoms with Gasteiger partial charge in [0, 0.05) is 12.6 Å². The van der Waals surface area contributed by atoms with Crippen molar-refractivity contribution in [3.8, 4) is 0 Å². The molecule has 0 fully saturated rings. The minimum atomic E-state index is -0.375. The lowest BCUT2D eigenvalue weighted by molar-refractivity contribution is 0.0988. The van der Waals surface area contributed by atoms with Gasteiger partial charge in [0.2, 0.25) is 5.89 Å². The zero-order chi connectivity index (χ0) is 13.1. The van der Waals surface area contributed by atoms with Crippen molar-refractivity contribution in [1.82, 2.24) is 10.2 Å². The van der Waals surface area contributed by atoms with Crippen molar-refractivity contribution < 1.29 is 9.21 Å². The quantitative estimate of drug-likeness (QED) is 0.902. The summed E-state index contributed by atoms with van der Waals surface area (Å²) in [6.45, 7) is 5.64. The maximum absolute atomic E-state index is 11.9. The third-order valence-corrected chi connectivity index (χ3v) is 2.70. The van der Waals surface area contributed by atoms with Crippen LogP contribution in [-0.4, -0.2) is 16.1 Å². The third kappa shape index (κ3) is 2.40. The summed E-state index contributed by atoms with van der Waals surface area (Å²) in [7, 11) is 0. The number of aryl methyl sites for hydroxylation is 3. The van der Waals surface area contributed by atoms with Crippen LogP contribution < -0.4 is 5.32 Å². The number of carbonyl (C=O) groups is 1. The van der Waals surface area contributed by atoms with Crippen LogP contribution >= 0.6 is 0 Å². The molecule has 1 N–H and O–H groups in total. The highest BCUT2D eigenvalue weighted by Gasteiger charge is 2.15. The molecule has 0 aliphatic rings. The summed E-state index contributed by atoms with van der Waals surface area (Å²) in [4.78, 5) is 11.9. The number of hydrogen-bond donors (Lipinski definition) is 1. The van der Waals surface area contributed by atoms with Gasteiger partial charge in [0.15, 0.2) is 0 Å². The zero-order valence-electron chi connectivity index (χ0n) is 10.7. The molecule has 1 amide bonds. The van der Waals surface area contributed by atoms with E-state index in [1.54, 1.807) is 6.92 Å². The molecule has 0 radical (unpaired) electrons. The summed E-state index contributed by atoms with van der Waals surface area (Å²) >= 11 is 0. The van der Waals surface area contributed by atoms with Crippen LogP contribution in [0, 0.1) is 13.8 Å². The second-order valence-corrected chi connectivity index (χ2v) is 4.04. The first kappa shape index (κ1) is 12.3. The Bertz CT molecular complexity index is 575. The molecule has 5 heteroatoms. The van der Waals surface area contributed by atoms with Gasteiger partial charge in [0.1, 0.15) is 0 Å². The lowest BCUT2D eigenvalue weighted by Gasteiger charge is -2.11. The largest absolute Gasteiger partial charge is 0.417 e. The van der Waals surface area contributed by atoms with Gasteiger partial charge in [-0.15, -0.1) is 10.2 Å². The van der Waals surface area contributed by atoms with Crippen molar-refractivity contribution in [2.45, 2.75) is 27.2 Å². The molecule has 0 spiro atoms. The number of anilines is 1. The number of rotatable bonds is 3. The van der Waals surface area contributed by atoms with Crippen LogP contribution in [-0.2, 0) is 6.42 Å². The van der Waals surface area contributed by atoms with Crippen LogP contribution in [0.1, 0.15) is 34.6 Å². The fourth-order valence-corrected chi connectivity index (χ4v) is 1.76. The Morgan fingerprint density at radius 2 is 2.11 bits per heavy atom. The van der Waals surface area contributed by atoms with E-state index < -0.39 is 0 Å². The van der Waals surface area contributed by atoms with E-state index in [2.05, 4.69) is 15.5 Å². The van der Waals surface area contributed by atoms with Crippen molar-refractivity contribution >= 4 is 11.6 Å². The molecule has 1 aromatic carbocycles. The second kappa shape index (κ2) is 5.00. The SMILES string of the molecule is CCc1cccc(C)c1NC(=O)c1nnc(C)o1. The molecule has 0 aliphatic heterocycles. The minimum absolute atomic E-state index is 0.0159. The monoisotopic (exact) mass is 245 g/mol. The molecule has 0 saturated heterocycles. The molecule has 0 bridgehead atoms. The average molecular weight is 245 g/mol. The van der Waals surface area contributed by atoms with Crippen LogP contribution in [0.3, 0.4) is 0 Å². The Kier molecular flexibility index (Phi) is 3.41. The topological polar surface area (TPSA) is 68.0 Å². The molecule has 94 valence electrons. The molecule has 2 rings (SSSR count). The first-order valence-corrected chi connectivity index (χ1v) is 5.81. The van der Waals surface area contributed by atoms with Gasteiger partial charge < -0.3 is 9.73 Å². The van der Waals surface area contributed by atoms with E-state index in [0.717, 1.165) is 23.2 Å². The Labute approximate surface area is 105 Å². The summed E-state index contributed by atoms with van der Waals surface area (Å²) in [5.41, 5.74) is 2.92. The van der Waals surface area contributed by atoms with Crippen LogP contribution in [0.4, 0.5) is 5.69 Å². The van der Waals surface area contributed by atoms with E-state index in [0.29, 0.717) is 5.89 Å². The molecule has 0 atom stereocenters. The Hall–Kier alpha value is -2.17. The van der Waals surface area contributed by atoms with Crippen LogP contribution in [0.2, 0.25) is 0 Å². The molecule has 5 nitrogen and oxygen atoms in total. The highest BCUT2D eigenvalue weighted by Crippen LogP contribution is 2.21. The van der Waals surface area contributed by atoms with E-state index in [1.807, 2.05) is 32.0 Å². The number of nitrogens with one attached hydrogen (secondary N) is 1. The van der Waals surface area contributed by atoms with Crippen molar-refractivity contribution in [1.29, 1.82) is 0 Å². The number of aromatic nitrogens is 2. The molecule has 18 heavy (non-hydrogen) atoms. The molecular formula is C13H15N3O2. The van der Waals surface area contributed by atoms with Gasteiger partial charge in [-0.1, -0.05) is 25.1 Å². The van der Waals surface area contributed by atoms with Crippen molar-refractivity contribution in [2.24, 2.45) is 0 Å². The highest BCUT2D eigenvalue weighted by molar-refractivity contribution is 6.01. The smallest absolute Gasteiger partial charge is 0.313 e. The molecule has 0 unspecified atom stereocenters. The maximum Gasteiger partial charge on any atom is 0.313 e. The Morgan fingerprint density at radius 3 is 2.72 bits per heavy atom. The van der Waals surface area contributed by atoms with E-state index in [1.165, 1.54) is 0 Å². The van der Waals surface area contributed by atoms with Crippen molar-refractivity contribution in [2.75, 3.05) is 5.32 Å². The normalized spacial score (nSPS) is 10.4. The summed E-state index contributed by atoms with van der Waals surface area (Å²) in [5.74, 6) is -0.0157. The summed E-state index contributed by atoms with van der Waals surface area (Å²) in [6, 6.07) is 5.91. The highest BCUT2D eigenvalue weighted by atomic mass is 16.4. The average Bonchev–Trinajstić information content (AvgIpc) is 2.78. The number of carbonyl (C=O) groups excluding carboxylic acids is 1. The first-order valence-electron chi connectivity index (χ1n) is 5.81. The zero-order valence-corrected chi connectivity index (χ0v) is 10.7. The van der Waals surface area contributed by atoms with E-state index >= 15 is 0 Å². The van der Waals surface area contributed by atoms with Gasteiger partial charge in [-0.05, 0) is 24.5 Å². The fraction of sp³-hybridized carbons (Fsp3) is 0.308. The molecule has 1 aromatic heterocycles. The molecular weight excluding hydrogens is 230 g/mol. The number of para-hydroxylation sites is 1. The van der Waals surface area contributed by atoms with Gasteiger partial charge in [0.25, 0.3) is 0 Å². The summed E-state index contributed by atoms with van der Waals surface area (Å²) in [6.07, 6.45) is 0.847. The van der Waals surface area contributed by atoms with E-state index in [9.17, 15) is 4.79 Å². The van der Waals surface area contributed by atoms with E-state index in [4.69, 9.17) is 4.42 Å². The lowest BCUT2D eigenvalue weighted by Crippen LogP contribution is -2.14. The lowest BCUT2D eigenvalue weighted by atomic mass is 10.1. The van der Waals surface area contributed by atoms with E-state index in [-0.39, 0.29) is 11.8 Å². The van der Waals surface area contributed by atoms with Gasteiger partial charge >= 0.3 is 11.8 Å². The molecule has 1 heterocycles. The van der Waals surface area contributed by atoms with Crippen LogP contribution in [0.15, 0.2) is 22.6 Å². The standard InChI is InChI=1S/C13H15N3O2/c1-4-10-7-5-6-8(2)11(10)14-12(17)13-16-15-9(3)18-13/h5-7H,4H2,1-3H3,(H,14,17). The third-order valence-electron chi connectivity index (χ3n) is 2.70. The molecule has 2 aromatic rings. The predicted octanol–water partition coefficient (Wildman–Crippen LogP) is 2.50. The minimum Gasteiger partial charge on any atom is -0.417 e.